The van der Waals surface area contributed by atoms with Crippen molar-refractivity contribution in [3.8, 4) is 0 Å². The summed E-state index contributed by atoms with van der Waals surface area (Å²) in [6.07, 6.45) is 1.79. The van der Waals surface area contributed by atoms with E-state index in [0.29, 0.717) is 6.29 Å². The summed E-state index contributed by atoms with van der Waals surface area (Å²) in [6.45, 7) is 6.79. The summed E-state index contributed by atoms with van der Waals surface area (Å²) in [6, 6.07) is 0. The van der Waals surface area contributed by atoms with Crippen LogP contribution in [0.4, 0.5) is 0 Å². The predicted octanol–water partition coefficient (Wildman–Crippen LogP) is -0.464. The van der Waals surface area contributed by atoms with Gasteiger partial charge in [0.25, 0.3) is 0 Å². The van der Waals surface area contributed by atoms with Gasteiger partial charge < -0.3 is 0 Å². The molecule has 0 saturated carbocycles. The zero-order valence-electron chi connectivity index (χ0n) is 7.80. The van der Waals surface area contributed by atoms with E-state index in [4.69, 9.17) is 0 Å². The van der Waals surface area contributed by atoms with Crippen LogP contribution in [0.25, 0.3) is 0 Å². The third-order valence-electron chi connectivity index (χ3n) is 2.15. The summed E-state index contributed by atoms with van der Waals surface area (Å²) in [4.78, 5) is 0. The SMILES string of the molecule is CCCNC1N(C)[SiH2]N1CC. The summed E-state index contributed by atoms with van der Waals surface area (Å²) in [5, 5.41) is 3.51. The molecule has 3 nitrogen and oxygen atoms in total. The molecule has 1 N–H and O–H groups in total. The third kappa shape index (κ3) is 2.02. The molecule has 0 aromatic heterocycles. The minimum atomic E-state index is -0.0279. The second-order valence-electron chi connectivity index (χ2n) is 3.13. The van der Waals surface area contributed by atoms with Crippen molar-refractivity contribution >= 4 is 9.84 Å². The van der Waals surface area contributed by atoms with Gasteiger partial charge in [-0.2, -0.15) is 0 Å². The molecule has 1 aliphatic rings. The summed E-state index contributed by atoms with van der Waals surface area (Å²) in [5.74, 6) is 0. The Kier molecular flexibility index (Phi) is 3.51. The minimum Gasteiger partial charge on any atom is -0.292 e. The third-order valence-corrected chi connectivity index (χ3v) is 4.10. The Bertz CT molecular complexity index is 120. The average molecular weight is 173 g/mol. The van der Waals surface area contributed by atoms with E-state index in [1.807, 2.05) is 0 Å². The van der Waals surface area contributed by atoms with Crippen LogP contribution in [-0.2, 0) is 0 Å². The molecule has 0 aliphatic carbocycles. The fourth-order valence-electron chi connectivity index (χ4n) is 1.46. The molecule has 1 unspecified atom stereocenters. The van der Waals surface area contributed by atoms with Gasteiger partial charge in [-0.25, -0.2) is 0 Å². The molecule has 0 spiro atoms. The van der Waals surface area contributed by atoms with Crippen molar-refractivity contribution < 1.29 is 0 Å². The molecule has 0 bridgehead atoms. The average Bonchev–Trinajstić information content (AvgIpc) is 2.00. The van der Waals surface area contributed by atoms with E-state index in [-0.39, 0.29) is 9.84 Å². The lowest BCUT2D eigenvalue weighted by Gasteiger charge is -2.49. The van der Waals surface area contributed by atoms with E-state index in [0.717, 1.165) is 6.54 Å². The van der Waals surface area contributed by atoms with Crippen molar-refractivity contribution in [2.45, 2.75) is 26.6 Å². The standard InChI is InChI=1S/C7H19N3Si/c1-4-6-8-7-9(3)11-10(7)5-2/h7-8H,4-6,11H2,1-3H3. The van der Waals surface area contributed by atoms with Crippen LogP contribution in [0.3, 0.4) is 0 Å². The highest BCUT2D eigenvalue weighted by Crippen LogP contribution is 2.09. The van der Waals surface area contributed by atoms with Crippen LogP contribution in [0.2, 0.25) is 0 Å². The van der Waals surface area contributed by atoms with Crippen LogP contribution >= 0.6 is 0 Å². The monoisotopic (exact) mass is 173 g/mol. The molecule has 1 rings (SSSR count). The molecule has 4 heteroatoms. The Morgan fingerprint density at radius 2 is 2.18 bits per heavy atom. The maximum absolute atomic E-state index is 3.51. The lowest BCUT2D eigenvalue weighted by atomic mass is 10.5. The Morgan fingerprint density at radius 3 is 2.64 bits per heavy atom. The Balaban J connectivity index is 2.19. The molecule has 0 amide bonds. The highest BCUT2D eigenvalue weighted by molar-refractivity contribution is 6.31. The number of nitrogens with zero attached hydrogens (tertiary/aromatic N) is 2. The topological polar surface area (TPSA) is 18.5 Å². The minimum absolute atomic E-state index is 0.0279. The lowest BCUT2D eigenvalue weighted by molar-refractivity contribution is 0.0896. The molecular weight excluding hydrogens is 154 g/mol. The fourth-order valence-corrected chi connectivity index (χ4v) is 3.00. The Labute approximate surface area is 71.7 Å². The van der Waals surface area contributed by atoms with Crippen LogP contribution < -0.4 is 5.32 Å². The zero-order valence-corrected chi connectivity index (χ0v) is 9.21. The van der Waals surface area contributed by atoms with E-state index in [9.17, 15) is 0 Å². The first-order valence-electron chi connectivity index (χ1n) is 4.47. The summed E-state index contributed by atoms with van der Waals surface area (Å²) in [7, 11) is 2.19. The highest BCUT2D eigenvalue weighted by atomic mass is 28.2. The van der Waals surface area contributed by atoms with Gasteiger partial charge in [0, 0.05) is 0 Å². The number of nitrogens with one attached hydrogen (secondary N) is 1. The molecule has 66 valence electrons. The fraction of sp³-hybridized carbons (Fsp3) is 1.00. The quantitative estimate of drug-likeness (QED) is 0.580. The molecule has 11 heavy (non-hydrogen) atoms. The van der Waals surface area contributed by atoms with Gasteiger partial charge >= 0.3 is 0 Å². The molecule has 0 radical (unpaired) electrons. The van der Waals surface area contributed by atoms with Crippen molar-refractivity contribution in [1.82, 2.24) is 14.4 Å². The van der Waals surface area contributed by atoms with E-state index < -0.39 is 0 Å². The van der Waals surface area contributed by atoms with Crippen molar-refractivity contribution in [3.63, 3.8) is 0 Å². The molecule has 1 atom stereocenters. The second kappa shape index (κ2) is 4.20. The molecule has 1 saturated heterocycles. The van der Waals surface area contributed by atoms with Crippen LogP contribution in [-0.4, -0.2) is 45.4 Å². The number of hydrogen-bond donors (Lipinski definition) is 1. The lowest BCUT2D eigenvalue weighted by Crippen LogP contribution is -2.70. The van der Waals surface area contributed by atoms with Gasteiger partial charge in [0.2, 0.25) is 0 Å². The molecule has 1 heterocycles. The smallest absolute Gasteiger partial charge is 0.177 e. The van der Waals surface area contributed by atoms with Crippen LogP contribution in [0.15, 0.2) is 0 Å². The molecule has 0 aromatic rings. The van der Waals surface area contributed by atoms with Gasteiger partial charge in [-0.3, -0.25) is 14.4 Å². The number of hydrogen-bond acceptors (Lipinski definition) is 3. The van der Waals surface area contributed by atoms with E-state index in [2.05, 4.69) is 35.3 Å². The molecule has 1 aliphatic heterocycles. The van der Waals surface area contributed by atoms with Gasteiger partial charge in [0.05, 0.1) is 0 Å². The van der Waals surface area contributed by atoms with Crippen molar-refractivity contribution in [2.75, 3.05) is 20.1 Å². The van der Waals surface area contributed by atoms with Crippen LogP contribution in [0.5, 0.6) is 0 Å². The first-order valence-corrected chi connectivity index (χ1v) is 5.73. The first kappa shape index (κ1) is 9.19. The maximum atomic E-state index is 3.51. The zero-order chi connectivity index (χ0) is 8.27. The van der Waals surface area contributed by atoms with Gasteiger partial charge in [0.1, 0.15) is 6.29 Å². The Hall–Kier alpha value is 0.0969. The van der Waals surface area contributed by atoms with Crippen molar-refractivity contribution in [1.29, 1.82) is 0 Å². The van der Waals surface area contributed by atoms with Crippen molar-refractivity contribution in [3.05, 3.63) is 0 Å². The Morgan fingerprint density at radius 1 is 1.45 bits per heavy atom. The maximum Gasteiger partial charge on any atom is 0.177 e. The predicted molar refractivity (Wildman–Crippen MR) is 50.8 cm³/mol. The van der Waals surface area contributed by atoms with Gasteiger partial charge in [0.15, 0.2) is 9.84 Å². The summed E-state index contributed by atoms with van der Waals surface area (Å²) < 4.78 is 5.01. The van der Waals surface area contributed by atoms with Gasteiger partial charge in [-0.1, -0.05) is 13.8 Å². The van der Waals surface area contributed by atoms with E-state index >= 15 is 0 Å². The van der Waals surface area contributed by atoms with Gasteiger partial charge in [-0.05, 0) is 26.6 Å². The van der Waals surface area contributed by atoms with Crippen molar-refractivity contribution in [2.24, 2.45) is 0 Å². The van der Waals surface area contributed by atoms with Crippen LogP contribution in [0.1, 0.15) is 20.3 Å². The number of rotatable bonds is 4. The van der Waals surface area contributed by atoms with E-state index in [1.54, 1.807) is 0 Å². The summed E-state index contributed by atoms with van der Waals surface area (Å²) in [5.41, 5.74) is 0. The molecule has 1 fully saturated rings. The molecular formula is C7H19N3Si. The summed E-state index contributed by atoms with van der Waals surface area (Å²) >= 11 is 0. The van der Waals surface area contributed by atoms with Crippen LogP contribution in [0, 0.1) is 0 Å². The normalized spacial score (nSPS) is 29.2. The highest BCUT2D eigenvalue weighted by Gasteiger charge is 2.31. The second-order valence-corrected chi connectivity index (χ2v) is 5.22. The van der Waals surface area contributed by atoms with Gasteiger partial charge in [-0.15, -0.1) is 0 Å². The first-order chi connectivity index (χ1) is 5.29. The largest absolute Gasteiger partial charge is 0.292 e. The molecule has 0 aromatic carbocycles. The van der Waals surface area contributed by atoms with E-state index in [1.165, 1.54) is 13.0 Å².